The highest BCUT2D eigenvalue weighted by molar-refractivity contribution is 7.09. The summed E-state index contributed by atoms with van der Waals surface area (Å²) in [6, 6.07) is 0. The van der Waals surface area contributed by atoms with Crippen LogP contribution in [0.25, 0.3) is 0 Å². The van der Waals surface area contributed by atoms with Crippen molar-refractivity contribution in [3.63, 3.8) is 0 Å². The third kappa shape index (κ3) is 3.90. The van der Waals surface area contributed by atoms with Crippen LogP contribution in [0.15, 0.2) is 11.6 Å². The molecule has 0 atom stereocenters. The number of nitrogens with zero attached hydrogens (tertiary/aromatic N) is 2. The molecule has 98 valence electrons. The Kier molecular flexibility index (Phi) is 4.86. The lowest BCUT2D eigenvalue weighted by Gasteiger charge is -2.01. The minimum Gasteiger partial charge on any atom is -0.383 e. The summed E-state index contributed by atoms with van der Waals surface area (Å²) >= 11 is 1.67. The molecule has 5 nitrogen and oxygen atoms in total. The van der Waals surface area contributed by atoms with Crippen molar-refractivity contribution in [3.8, 4) is 0 Å². The Morgan fingerprint density at radius 1 is 1.50 bits per heavy atom. The van der Waals surface area contributed by atoms with E-state index >= 15 is 0 Å². The van der Waals surface area contributed by atoms with E-state index < -0.39 is 0 Å². The van der Waals surface area contributed by atoms with E-state index in [1.165, 1.54) is 0 Å². The Balaban J connectivity index is 1.82. The lowest BCUT2D eigenvalue weighted by molar-refractivity contribution is 0.199. The number of aryl methyl sites for hydroxylation is 1. The number of methoxy groups -OCH3 is 1. The predicted octanol–water partition coefficient (Wildman–Crippen LogP) is 1.50. The van der Waals surface area contributed by atoms with Crippen molar-refractivity contribution in [2.45, 2.75) is 19.9 Å². The summed E-state index contributed by atoms with van der Waals surface area (Å²) < 4.78 is 4.97. The minimum atomic E-state index is 0.721. The Morgan fingerprint density at radius 2 is 2.39 bits per heavy atom. The van der Waals surface area contributed by atoms with E-state index in [1.54, 1.807) is 18.4 Å². The number of nitrogens with one attached hydrogen (secondary N) is 2. The highest BCUT2D eigenvalue weighted by Gasteiger charge is 2.04. The fourth-order valence-corrected chi connectivity index (χ4v) is 2.26. The van der Waals surface area contributed by atoms with Gasteiger partial charge in [-0.15, -0.1) is 11.3 Å². The standard InChI is InChI=1S/C12H18N4OS/c1-9-15-10(8-18-9)5-12-14-7-11(16-12)6-13-3-4-17-2/h7-8,13H,3-6H2,1-2H3,(H,14,16). The minimum absolute atomic E-state index is 0.721. The van der Waals surface area contributed by atoms with Crippen LogP contribution in [0, 0.1) is 6.92 Å². The van der Waals surface area contributed by atoms with Gasteiger partial charge in [-0.2, -0.15) is 0 Å². The number of imidazole rings is 1. The normalized spacial score (nSPS) is 11.0. The van der Waals surface area contributed by atoms with Gasteiger partial charge in [-0.05, 0) is 6.92 Å². The summed E-state index contributed by atoms with van der Waals surface area (Å²) in [5, 5.41) is 6.45. The van der Waals surface area contributed by atoms with E-state index in [9.17, 15) is 0 Å². The monoisotopic (exact) mass is 266 g/mol. The van der Waals surface area contributed by atoms with Gasteiger partial charge < -0.3 is 15.0 Å². The molecule has 0 bridgehead atoms. The first-order chi connectivity index (χ1) is 8.78. The van der Waals surface area contributed by atoms with Crippen LogP contribution in [-0.2, 0) is 17.7 Å². The number of thiazole rings is 1. The molecule has 0 aromatic carbocycles. The third-order valence-corrected chi connectivity index (χ3v) is 3.32. The Bertz CT molecular complexity index is 480. The molecule has 2 rings (SSSR count). The van der Waals surface area contributed by atoms with Crippen molar-refractivity contribution >= 4 is 11.3 Å². The van der Waals surface area contributed by atoms with Crippen molar-refractivity contribution in [2.24, 2.45) is 0 Å². The SMILES string of the molecule is COCCNCc1cnc(Cc2csc(C)n2)[nH]1. The zero-order valence-corrected chi connectivity index (χ0v) is 11.5. The van der Waals surface area contributed by atoms with Crippen molar-refractivity contribution in [1.82, 2.24) is 20.3 Å². The van der Waals surface area contributed by atoms with Crippen molar-refractivity contribution < 1.29 is 4.74 Å². The molecule has 0 amide bonds. The molecule has 0 fully saturated rings. The van der Waals surface area contributed by atoms with Crippen LogP contribution in [0.3, 0.4) is 0 Å². The van der Waals surface area contributed by atoms with Crippen LogP contribution in [0.5, 0.6) is 0 Å². The van der Waals surface area contributed by atoms with Gasteiger partial charge in [0.15, 0.2) is 0 Å². The van der Waals surface area contributed by atoms with Crippen LogP contribution in [0.1, 0.15) is 22.2 Å². The summed E-state index contributed by atoms with van der Waals surface area (Å²) in [5.41, 5.74) is 2.17. The smallest absolute Gasteiger partial charge is 0.112 e. The molecule has 2 aromatic rings. The first-order valence-corrected chi connectivity index (χ1v) is 6.79. The number of hydrogen-bond donors (Lipinski definition) is 2. The molecule has 0 saturated heterocycles. The van der Waals surface area contributed by atoms with Crippen LogP contribution in [-0.4, -0.2) is 35.2 Å². The van der Waals surface area contributed by atoms with Crippen molar-refractivity contribution in [2.75, 3.05) is 20.3 Å². The molecule has 0 spiro atoms. The average Bonchev–Trinajstić information content (AvgIpc) is 2.95. The lowest BCUT2D eigenvalue weighted by atomic mass is 10.3. The van der Waals surface area contributed by atoms with E-state index in [0.29, 0.717) is 0 Å². The number of hydrogen-bond acceptors (Lipinski definition) is 5. The van der Waals surface area contributed by atoms with E-state index in [0.717, 1.165) is 48.3 Å². The molecule has 0 radical (unpaired) electrons. The van der Waals surface area contributed by atoms with Gasteiger partial charge >= 0.3 is 0 Å². The number of aromatic nitrogens is 3. The molecule has 2 N–H and O–H groups in total. The van der Waals surface area contributed by atoms with Crippen LogP contribution in [0.2, 0.25) is 0 Å². The number of ether oxygens (including phenoxy) is 1. The summed E-state index contributed by atoms with van der Waals surface area (Å²) in [6.07, 6.45) is 2.64. The molecule has 18 heavy (non-hydrogen) atoms. The second-order valence-electron chi connectivity index (χ2n) is 4.06. The second-order valence-corrected chi connectivity index (χ2v) is 5.12. The van der Waals surface area contributed by atoms with Crippen LogP contribution in [0.4, 0.5) is 0 Å². The molecular formula is C12H18N4OS. The average molecular weight is 266 g/mol. The maximum Gasteiger partial charge on any atom is 0.112 e. The second kappa shape index (κ2) is 6.63. The van der Waals surface area contributed by atoms with Gasteiger partial charge in [0.2, 0.25) is 0 Å². The van der Waals surface area contributed by atoms with E-state index in [2.05, 4.69) is 25.6 Å². The predicted molar refractivity (Wildman–Crippen MR) is 71.8 cm³/mol. The molecule has 2 aromatic heterocycles. The highest BCUT2D eigenvalue weighted by atomic mass is 32.1. The highest BCUT2D eigenvalue weighted by Crippen LogP contribution is 2.11. The van der Waals surface area contributed by atoms with Gasteiger partial charge in [-0.3, -0.25) is 0 Å². The van der Waals surface area contributed by atoms with Gasteiger partial charge in [0.05, 0.1) is 17.3 Å². The molecule has 0 aliphatic carbocycles. The number of aromatic amines is 1. The van der Waals surface area contributed by atoms with Crippen molar-refractivity contribution in [3.05, 3.63) is 33.8 Å². The summed E-state index contributed by atoms with van der Waals surface area (Å²) in [6.45, 7) is 4.36. The molecule has 0 aliphatic rings. The molecular weight excluding hydrogens is 248 g/mol. The fourth-order valence-electron chi connectivity index (χ4n) is 1.64. The largest absolute Gasteiger partial charge is 0.383 e. The summed E-state index contributed by atoms with van der Waals surface area (Å²) in [7, 11) is 1.70. The van der Waals surface area contributed by atoms with Gasteiger partial charge in [-0.1, -0.05) is 0 Å². The lowest BCUT2D eigenvalue weighted by Crippen LogP contribution is -2.18. The van der Waals surface area contributed by atoms with Crippen molar-refractivity contribution in [1.29, 1.82) is 0 Å². The Hall–Kier alpha value is -1.24. The zero-order valence-electron chi connectivity index (χ0n) is 10.7. The number of rotatable bonds is 7. The molecule has 0 unspecified atom stereocenters. The summed E-state index contributed by atoms with van der Waals surface area (Å²) in [4.78, 5) is 12.1. The van der Waals surface area contributed by atoms with Gasteiger partial charge in [0.1, 0.15) is 5.82 Å². The quantitative estimate of drug-likeness (QED) is 0.746. The van der Waals surface area contributed by atoms with Crippen LogP contribution < -0.4 is 5.32 Å². The third-order valence-electron chi connectivity index (χ3n) is 2.49. The van der Waals surface area contributed by atoms with Gasteiger partial charge in [0, 0.05) is 43.9 Å². The van der Waals surface area contributed by atoms with Gasteiger partial charge in [-0.25, -0.2) is 9.97 Å². The number of H-pyrrole nitrogens is 1. The topological polar surface area (TPSA) is 62.8 Å². The van der Waals surface area contributed by atoms with E-state index in [1.807, 2.05) is 13.1 Å². The first-order valence-electron chi connectivity index (χ1n) is 5.91. The zero-order chi connectivity index (χ0) is 12.8. The first kappa shape index (κ1) is 13.2. The van der Waals surface area contributed by atoms with Gasteiger partial charge in [0.25, 0.3) is 0 Å². The summed E-state index contributed by atoms with van der Waals surface area (Å²) in [5.74, 6) is 0.962. The molecule has 6 heteroatoms. The maximum absolute atomic E-state index is 4.97. The maximum atomic E-state index is 4.97. The Labute approximate surface area is 111 Å². The molecule has 0 aliphatic heterocycles. The van der Waals surface area contributed by atoms with E-state index in [4.69, 9.17) is 4.74 Å². The Morgan fingerprint density at radius 3 is 3.11 bits per heavy atom. The van der Waals surface area contributed by atoms with Crippen LogP contribution >= 0.6 is 11.3 Å². The fraction of sp³-hybridized carbons (Fsp3) is 0.500. The molecule has 2 heterocycles. The van der Waals surface area contributed by atoms with E-state index in [-0.39, 0.29) is 0 Å². The molecule has 0 saturated carbocycles.